The van der Waals surface area contributed by atoms with E-state index >= 15 is 0 Å². The fourth-order valence-corrected chi connectivity index (χ4v) is 1.35. The lowest BCUT2D eigenvalue weighted by Gasteiger charge is -2.23. The molecule has 0 rings (SSSR count). The van der Waals surface area contributed by atoms with E-state index in [0.29, 0.717) is 13.0 Å². The maximum absolute atomic E-state index is 11.7. The van der Waals surface area contributed by atoms with Crippen molar-refractivity contribution in [3.8, 4) is 0 Å². The number of nitrogens with one attached hydrogen (secondary N) is 1. The van der Waals surface area contributed by atoms with E-state index in [1.54, 1.807) is 20.8 Å². The first-order valence-electron chi connectivity index (χ1n) is 6.02. The highest BCUT2D eigenvalue weighted by molar-refractivity contribution is 6.17. The Labute approximate surface area is 119 Å². The zero-order valence-electron chi connectivity index (χ0n) is 12.2. The van der Waals surface area contributed by atoms with E-state index in [-0.39, 0.29) is 6.07 Å². The molecule has 0 aromatic rings. The van der Waals surface area contributed by atoms with Gasteiger partial charge in [0.15, 0.2) is 6.07 Å². The van der Waals surface area contributed by atoms with E-state index < -0.39 is 23.7 Å². The highest BCUT2D eigenvalue weighted by Gasteiger charge is 2.25. The summed E-state index contributed by atoms with van der Waals surface area (Å²) in [5.74, 6) is -0.567. The van der Waals surface area contributed by atoms with Crippen molar-refractivity contribution in [1.82, 2.24) is 10.2 Å². The monoisotopic (exact) mass is 294 g/mol. The third kappa shape index (κ3) is 9.55. The van der Waals surface area contributed by atoms with Crippen molar-refractivity contribution in [1.29, 1.82) is 0 Å². The Morgan fingerprint density at radius 3 is 2.32 bits per heavy atom. The van der Waals surface area contributed by atoms with Crippen LogP contribution in [0.2, 0.25) is 0 Å². The average molecular weight is 295 g/mol. The van der Waals surface area contributed by atoms with Crippen molar-refractivity contribution in [2.45, 2.75) is 38.8 Å². The maximum Gasteiger partial charge on any atom is 0.408 e. The van der Waals surface area contributed by atoms with Crippen molar-refractivity contribution in [2.75, 3.05) is 26.7 Å². The summed E-state index contributed by atoms with van der Waals surface area (Å²) in [5.41, 5.74) is -0.618. The van der Waals surface area contributed by atoms with Crippen LogP contribution < -0.4 is 5.32 Å². The first-order valence-corrected chi connectivity index (χ1v) is 6.56. The zero-order chi connectivity index (χ0) is 15.1. The Morgan fingerprint density at radius 1 is 1.32 bits per heavy atom. The van der Waals surface area contributed by atoms with E-state index in [0.717, 1.165) is 0 Å². The number of rotatable bonds is 6. The third-order valence-corrected chi connectivity index (χ3v) is 2.15. The third-order valence-electron chi connectivity index (χ3n) is 2.04. The van der Waals surface area contributed by atoms with Crippen LogP contribution >= 0.6 is 11.6 Å². The van der Waals surface area contributed by atoms with Gasteiger partial charge in [0, 0.05) is 6.54 Å². The van der Waals surface area contributed by atoms with Gasteiger partial charge in [0.2, 0.25) is 0 Å². The lowest BCUT2D eigenvalue weighted by atomic mass is 10.2. The highest BCUT2D eigenvalue weighted by Crippen LogP contribution is 2.08. The van der Waals surface area contributed by atoms with Gasteiger partial charge in [-0.3, -0.25) is 0 Å². The molecule has 7 heteroatoms. The molecule has 1 atom stereocenters. The van der Waals surface area contributed by atoms with Crippen LogP contribution in [0, 0.1) is 0 Å². The van der Waals surface area contributed by atoms with Crippen LogP contribution in [0.4, 0.5) is 4.79 Å². The summed E-state index contributed by atoms with van der Waals surface area (Å²) in [6.07, 6.45) is -0.232. The molecule has 0 fully saturated rings. The first kappa shape index (κ1) is 18.0. The fraction of sp³-hybridized carbons (Fsp3) is 0.833. The quantitative estimate of drug-likeness (QED) is 0.595. The van der Waals surface area contributed by atoms with Gasteiger partial charge in [0.05, 0.1) is 0 Å². The summed E-state index contributed by atoms with van der Waals surface area (Å²) < 4.78 is 9.80. The van der Waals surface area contributed by atoms with Gasteiger partial charge in [0.1, 0.15) is 11.6 Å². The SMILES string of the molecule is CN(C)CCC(NC(=O)OC(C)(C)C)C(=O)OCCl. The second kappa shape index (κ2) is 8.22. The fourth-order valence-electron chi connectivity index (χ4n) is 1.24. The molecule has 1 unspecified atom stereocenters. The number of esters is 1. The minimum atomic E-state index is -0.768. The van der Waals surface area contributed by atoms with Crippen LogP contribution in [0.1, 0.15) is 27.2 Å². The van der Waals surface area contributed by atoms with E-state index in [1.165, 1.54) is 0 Å². The molecule has 0 aromatic carbocycles. The molecule has 0 bridgehead atoms. The van der Waals surface area contributed by atoms with Crippen molar-refractivity contribution in [3.63, 3.8) is 0 Å². The molecule has 0 aliphatic carbocycles. The molecule has 0 aliphatic rings. The number of hydrogen-bond acceptors (Lipinski definition) is 5. The van der Waals surface area contributed by atoms with Gasteiger partial charge < -0.3 is 19.7 Å². The van der Waals surface area contributed by atoms with Crippen molar-refractivity contribution in [2.24, 2.45) is 0 Å². The van der Waals surface area contributed by atoms with Gasteiger partial charge in [-0.1, -0.05) is 11.6 Å². The number of carbonyl (C=O) groups is 2. The molecule has 0 aliphatic heterocycles. The molecule has 1 N–H and O–H groups in total. The second-order valence-electron chi connectivity index (χ2n) is 5.36. The first-order chi connectivity index (χ1) is 8.65. The van der Waals surface area contributed by atoms with Crippen LogP contribution in [0.5, 0.6) is 0 Å². The Bertz CT molecular complexity index is 303. The molecule has 112 valence electrons. The van der Waals surface area contributed by atoms with E-state index in [4.69, 9.17) is 21.1 Å². The molecule has 1 amide bonds. The number of alkyl carbamates (subject to hydrolysis) is 1. The van der Waals surface area contributed by atoms with Gasteiger partial charge in [-0.25, -0.2) is 9.59 Å². The largest absolute Gasteiger partial charge is 0.448 e. The molecule has 0 aromatic heterocycles. The average Bonchev–Trinajstić information content (AvgIpc) is 2.21. The number of alkyl halides is 1. The predicted octanol–water partition coefficient (Wildman–Crippen LogP) is 1.57. The summed E-state index contributed by atoms with van der Waals surface area (Å²) in [4.78, 5) is 25.2. The highest BCUT2D eigenvalue weighted by atomic mass is 35.5. The summed E-state index contributed by atoms with van der Waals surface area (Å²) in [5, 5.41) is 2.49. The minimum Gasteiger partial charge on any atom is -0.448 e. The normalized spacial score (nSPS) is 13.0. The van der Waals surface area contributed by atoms with Crippen LogP contribution in [0.15, 0.2) is 0 Å². The molecule has 0 radical (unpaired) electrons. The molecule has 0 saturated heterocycles. The summed E-state index contributed by atoms with van der Waals surface area (Å²) in [7, 11) is 3.74. The van der Waals surface area contributed by atoms with Crippen LogP contribution in [0.3, 0.4) is 0 Å². The summed E-state index contributed by atoms with van der Waals surface area (Å²) in [6, 6.07) is -1.01. The number of hydrogen-bond donors (Lipinski definition) is 1. The summed E-state index contributed by atoms with van der Waals surface area (Å²) >= 11 is 5.35. The Hall–Kier alpha value is -1.01. The van der Waals surface area contributed by atoms with Crippen LogP contribution in [-0.2, 0) is 14.3 Å². The standard InChI is InChI=1S/C12H23ClN2O4/c1-12(2,3)19-11(17)14-9(6-7-15(4)5)10(16)18-8-13/h9H,6-8H2,1-5H3,(H,14,17). The Balaban J connectivity index is 4.48. The molecule has 0 heterocycles. The molecular formula is C12H23ClN2O4. The van der Waals surface area contributed by atoms with Crippen LogP contribution in [-0.4, -0.2) is 55.3 Å². The van der Waals surface area contributed by atoms with E-state index in [2.05, 4.69) is 5.32 Å². The Kier molecular flexibility index (Phi) is 7.78. The molecule has 6 nitrogen and oxygen atoms in total. The number of carbonyl (C=O) groups excluding carboxylic acids is 2. The summed E-state index contributed by atoms with van der Waals surface area (Å²) in [6.45, 7) is 5.87. The van der Waals surface area contributed by atoms with Gasteiger partial charge in [-0.05, 0) is 41.3 Å². The van der Waals surface area contributed by atoms with Crippen molar-refractivity contribution >= 4 is 23.7 Å². The zero-order valence-corrected chi connectivity index (χ0v) is 12.9. The van der Waals surface area contributed by atoms with Gasteiger partial charge in [-0.2, -0.15) is 0 Å². The van der Waals surface area contributed by atoms with Crippen molar-refractivity contribution in [3.05, 3.63) is 0 Å². The lowest BCUT2D eigenvalue weighted by Crippen LogP contribution is -2.45. The maximum atomic E-state index is 11.7. The Morgan fingerprint density at radius 2 is 1.89 bits per heavy atom. The smallest absolute Gasteiger partial charge is 0.408 e. The van der Waals surface area contributed by atoms with Gasteiger partial charge in [0.25, 0.3) is 0 Å². The van der Waals surface area contributed by atoms with Crippen molar-refractivity contribution < 1.29 is 19.1 Å². The topological polar surface area (TPSA) is 67.9 Å². The minimum absolute atomic E-state index is 0.243. The molecule has 19 heavy (non-hydrogen) atoms. The lowest BCUT2D eigenvalue weighted by molar-refractivity contribution is -0.144. The second-order valence-corrected chi connectivity index (χ2v) is 5.58. The number of amides is 1. The van der Waals surface area contributed by atoms with E-state index in [1.807, 2.05) is 19.0 Å². The molecule has 0 spiro atoms. The molecular weight excluding hydrogens is 272 g/mol. The number of halogens is 1. The van der Waals surface area contributed by atoms with Gasteiger partial charge >= 0.3 is 12.1 Å². The van der Waals surface area contributed by atoms with Gasteiger partial charge in [-0.15, -0.1) is 0 Å². The predicted molar refractivity (Wildman–Crippen MR) is 73.1 cm³/mol. The van der Waals surface area contributed by atoms with E-state index in [9.17, 15) is 9.59 Å². The van der Waals surface area contributed by atoms with Crippen LogP contribution in [0.25, 0.3) is 0 Å². The number of ether oxygens (including phenoxy) is 2. The molecule has 0 saturated carbocycles. The number of nitrogens with zero attached hydrogens (tertiary/aromatic N) is 1.